The normalized spacial score (nSPS) is 18.4. The quantitative estimate of drug-likeness (QED) is 0.449. The van der Waals surface area contributed by atoms with Gasteiger partial charge in [0.15, 0.2) is 6.19 Å². The van der Waals surface area contributed by atoms with Crippen molar-refractivity contribution in [2.24, 2.45) is 0 Å². The van der Waals surface area contributed by atoms with Crippen molar-refractivity contribution in [2.45, 2.75) is 77.4 Å². The van der Waals surface area contributed by atoms with Gasteiger partial charge in [-0.15, -0.1) is 0 Å². The Bertz CT molecular complexity index is 1160. The van der Waals surface area contributed by atoms with Crippen molar-refractivity contribution in [3.05, 3.63) is 59.9 Å². The Morgan fingerprint density at radius 1 is 1.10 bits per heavy atom. The molecular weight excluding hydrogens is 488 g/mol. The molecule has 2 amide bonds. The number of carbonyl (C=O) groups excluding carboxylic acids is 2. The van der Waals surface area contributed by atoms with Crippen LogP contribution in [0.1, 0.15) is 71.0 Å². The van der Waals surface area contributed by atoms with E-state index >= 15 is 0 Å². The summed E-state index contributed by atoms with van der Waals surface area (Å²) in [6, 6.07) is 10.1. The summed E-state index contributed by atoms with van der Waals surface area (Å²) in [7, 11) is 0. The Labute approximate surface area is 233 Å². The molecule has 0 radical (unpaired) electrons. The molecule has 2 fully saturated rings. The third-order valence-corrected chi connectivity index (χ3v) is 7.92. The van der Waals surface area contributed by atoms with Gasteiger partial charge >= 0.3 is 0 Å². The highest BCUT2D eigenvalue weighted by Gasteiger charge is 2.42. The molecule has 0 saturated carbocycles. The summed E-state index contributed by atoms with van der Waals surface area (Å²) in [6.45, 7) is 14.5. The van der Waals surface area contributed by atoms with Crippen molar-refractivity contribution in [2.75, 3.05) is 37.6 Å². The molecule has 4 rings (SSSR count). The largest absolute Gasteiger partial charge is 0.337 e. The minimum atomic E-state index is -0.897. The second-order valence-electron chi connectivity index (χ2n) is 12.0. The lowest BCUT2D eigenvalue weighted by Gasteiger charge is -2.40. The number of amides is 2. The lowest BCUT2D eigenvalue weighted by molar-refractivity contribution is -0.137. The number of benzene rings is 1. The molecule has 39 heavy (non-hydrogen) atoms. The van der Waals surface area contributed by atoms with Gasteiger partial charge in [0, 0.05) is 49.3 Å². The number of hydrogen-bond acceptors (Lipinski definition) is 6. The second kappa shape index (κ2) is 12.2. The number of nitriles is 1. The number of nitrogens with zero attached hydrogens (tertiary/aromatic N) is 6. The highest BCUT2D eigenvalue weighted by Crippen LogP contribution is 2.34. The average molecular weight is 531 g/mol. The molecule has 3 heterocycles. The third-order valence-electron chi connectivity index (χ3n) is 7.92. The SMILES string of the molecule is CC(C)N(CCN1CCC1)C(=O)C(c1cccnc1)N(C(=O)[C@H]1CCCN1C#N)c1ccc(C(C)(C)C)cc1. The molecular formula is C31H42N6O2. The summed E-state index contributed by atoms with van der Waals surface area (Å²) in [5, 5.41) is 9.76. The van der Waals surface area contributed by atoms with Crippen LogP contribution in [0.2, 0.25) is 0 Å². The summed E-state index contributed by atoms with van der Waals surface area (Å²) < 4.78 is 0. The van der Waals surface area contributed by atoms with Gasteiger partial charge in [0.25, 0.3) is 11.8 Å². The maximum Gasteiger partial charge on any atom is 0.251 e. The Morgan fingerprint density at radius 3 is 2.36 bits per heavy atom. The van der Waals surface area contributed by atoms with Gasteiger partial charge in [-0.2, -0.15) is 5.26 Å². The zero-order valence-corrected chi connectivity index (χ0v) is 24.0. The van der Waals surface area contributed by atoms with E-state index in [1.54, 1.807) is 28.3 Å². The van der Waals surface area contributed by atoms with E-state index in [2.05, 4.69) is 36.8 Å². The van der Waals surface area contributed by atoms with Gasteiger partial charge in [-0.25, -0.2) is 0 Å². The molecule has 0 N–H and O–H groups in total. The van der Waals surface area contributed by atoms with Gasteiger partial charge in [-0.3, -0.25) is 24.4 Å². The van der Waals surface area contributed by atoms with Gasteiger partial charge < -0.3 is 9.80 Å². The summed E-state index contributed by atoms with van der Waals surface area (Å²) >= 11 is 0. The summed E-state index contributed by atoms with van der Waals surface area (Å²) in [5.74, 6) is -0.362. The van der Waals surface area contributed by atoms with E-state index in [1.165, 1.54) is 6.42 Å². The number of pyridine rings is 1. The zero-order chi connectivity index (χ0) is 28.2. The number of anilines is 1. The van der Waals surface area contributed by atoms with E-state index in [0.29, 0.717) is 30.8 Å². The smallest absolute Gasteiger partial charge is 0.251 e. The first-order chi connectivity index (χ1) is 18.6. The average Bonchev–Trinajstić information content (AvgIpc) is 3.37. The zero-order valence-electron chi connectivity index (χ0n) is 24.0. The van der Waals surface area contributed by atoms with E-state index in [1.807, 2.05) is 49.1 Å². The Balaban J connectivity index is 1.80. The van der Waals surface area contributed by atoms with Crippen LogP contribution in [0.25, 0.3) is 0 Å². The highest BCUT2D eigenvalue weighted by molar-refractivity contribution is 6.04. The molecule has 2 saturated heterocycles. The van der Waals surface area contributed by atoms with Crippen LogP contribution in [0.3, 0.4) is 0 Å². The van der Waals surface area contributed by atoms with Crippen molar-refractivity contribution in [1.29, 1.82) is 5.26 Å². The highest BCUT2D eigenvalue weighted by atomic mass is 16.2. The van der Waals surface area contributed by atoms with Gasteiger partial charge in [0.05, 0.1) is 0 Å². The molecule has 1 aromatic carbocycles. The molecule has 0 spiro atoms. The van der Waals surface area contributed by atoms with Crippen molar-refractivity contribution in [3.63, 3.8) is 0 Å². The monoisotopic (exact) mass is 530 g/mol. The number of rotatable bonds is 9. The van der Waals surface area contributed by atoms with Crippen LogP contribution >= 0.6 is 0 Å². The standard InChI is InChI=1S/C31H42N6O2/c1-23(2)36(20-19-34-16-8-17-34)30(39)28(24-9-6-15-33-21-24)37(29(38)27-10-7-18-35(27)22-32)26-13-11-25(12-14-26)31(3,4)5/h6,9,11-15,21,23,27-28H,7-8,10,16-20H2,1-5H3/t27-,28?/m1/s1. The number of aromatic nitrogens is 1. The minimum absolute atomic E-state index is 0.0414. The number of likely N-dealkylation sites (tertiary alicyclic amines) is 2. The van der Waals surface area contributed by atoms with Crippen molar-refractivity contribution >= 4 is 17.5 Å². The van der Waals surface area contributed by atoms with Crippen molar-refractivity contribution in [3.8, 4) is 6.19 Å². The molecule has 2 aromatic rings. The molecule has 1 aromatic heterocycles. The van der Waals surface area contributed by atoms with Crippen LogP contribution in [0.4, 0.5) is 5.69 Å². The Kier molecular flexibility index (Phi) is 8.91. The van der Waals surface area contributed by atoms with E-state index in [-0.39, 0.29) is 23.3 Å². The van der Waals surface area contributed by atoms with E-state index < -0.39 is 12.1 Å². The maximum atomic E-state index is 14.5. The second-order valence-corrected chi connectivity index (χ2v) is 12.0. The van der Waals surface area contributed by atoms with Gasteiger partial charge in [-0.05, 0) is 75.4 Å². The van der Waals surface area contributed by atoms with Crippen LogP contribution in [0.15, 0.2) is 48.8 Å². The molecule has 2 atom stereocenters. The van der Waals surface area contributed by atoms with Gasteiger partial charge in [0.1, 0.15) is 12.1 Å². The van der Waals surface area contributed by atoms with E-state index in [4.69, 9.17) is 0 Å². The number of hydrogen-bond donors (Lipinski definition) is 0. The fraction of sp³-hybridized carbons (Fsp3) is 0.548. The number of carbonyl (C=O) groups is 2. The third kappa shape index (κ3) is 6.42. The predicted octanol–water partition coefficient (Wildman–Crippen LogP) is 4.34. The van der Waals surface area contributed by atoms with E-state index in [9.17, 15) is 14.9 Å². The molecule has 2 aliphatic heterocycles. The summed E-state index contributed by atoms with van der Waals surface area (Å²) in [4.78, 5) is 40.6. The molecule has 208 valence electrons. The lowest BCUT2D eigenvalue weighted by atomic mass is 9.87. The fourth-order valence-corrected chi connectivity index (χ4v) is 5.40. The van der Waals surface area contributed by atoms with Crippen LogP contribution in [0.5, 0.6) is 0 Å². The van der Waals surface area contributed by atoms with Crippen LogP contribution in [-0.2, 0) is 15.0 Å². The topological polar surface area (TPSA) is 83.8 Å². The molecule has 1 unspecified atom stereocenters. The fourth-order valence-electron chi connectivity index (χ4n) is 5.40. The predicted molar refractivity (Wildman–Crippen MR) is 153 cm³/mol. The first kappa shape index (κ1) is 28.6. The Hall–Kier alpha value is -3.44. The lowest BCUT2D eigenvalue weighted by Crippen LogP contribution is -2.53. The molecule has 0 bridgehead atoms. The van der Waals surface area contributed by atoms with Gasteiger partial charge in [0.2, 0.25) is 0 Å². The molecule has 8 heteroatoms. The van der Waals surface area contributed by atoms with Crippen molar-refractivity contribution < 1.29 is 9.59 Å². The first-order valence-electron chi connectivity index (χ1n) is 14.1. The van der Waals surface area contributed by atoms with Crippen LogP contribution in [0, 0.1) is 11.5 Å². The first-order valence-corrected chi connectivity index (χ1v) is 14.1. The van der Waals surface area contributed by atoms with Crippen LogP contribution in [-0.4, -0.2) is 76.3 Å². The van der Waals surface area contributed by atoms with E-state index in [0.717, 1.165) is 31.6 Å². The Morgan fingerprint density at radius 2 is 1.82 bits per heavy atom. The molecule has 0 aliphatic carbocycles. The van der Waals surface area contributed by atoms with Crippen LogP contribution < -0.4 is 4.90 Å². The summed E-state index contributed by atoms with van der Waals surface area (Å²) in [5.41, 5.74) is 2.39. The van der Waals surface area contributed by atoms with Crippen molar-refractivity contribution in [1.82, 2.24) is 19.7 Å². The summed E-state index contributed by atoms with van der Waals surface area (Å²) in [6.07, 6.45) is 8.09. The maximum absolute atomic E-state index is 14.5. The molecule has 2 aliphatic rings. The van der Waals surface area contributed by atoms with Gasteiger partial charge in [-0.1, -0.05) is 39.0 Å². The minimum Gasteiger partial charge on any atom is -0.337 e. The molecule has 8 nitrogen and oxygen atoms in total.